The fraction of sp³-hybridized carbons (Fsp3) is 0.515. The Balaban J connectivity index is 1.98. The molecule has 0 fully saturated rings. The molecule has 2 unspecified atom stereocenters. The third-order valence-electron chi connectivity index (χ3n) is 9.17. The van der Waals surface area contributed by atoms with Crippen molar-refractivity contribution in [3.63, 3.8) is 0 Å². The van der Waals surface area contributed by atoms with E-state index in [1.54, 1.807) is 0 Å². The van der Waals surface area contributed by atoms with E-state index in [-0.39, 0.29) is 22.3 Å². The van der Waals surface area contributed by atoms with Gasteiger partial charge in [0.2, 0.25) is 0 Å². The second-order valence-electron chi connectivity index (χ2n) is 14.1. The Bertz CT molecular complexity index is 1160. The van der Waals surface area contributed by atoms with Gasteiger partial charge in [-0.1, -0.05) is 115 Å². The molecule has 39 heavy (non-hydrogen) atoms. The molecule has 0 heterocycles. The quantitative estimate of drug-likeness (QED) is 0.219. The van der Waals surface area contributed by atoms with Gasteiger partial charge in [0.25, 0.3) is 0 Å². The van der Waals surface area contributed by atoms with Crippen molar-refractivity contribution >= 4 is 34.4 Å². The number of hydrogen-bond acceptors (Lipinski definition) is 3. The van der Waals surface area contributed by atoms with Crippen LogP contribution in [0.15, 0.2) is 84.5 Å². The summed E-state index contributed by atoms with van der Waals surface area (Å²) in [4.78, 5) is 0. The first-order valence-corrected chi connectivity index (χ1v) is 22.0. The highest BCUT2D eigenvalue weighted by Crippen LogP contribution is 2.47. The third-order valence-corrected chi connectivity index (χ3v) is 21.3. The lowest BCUT2D eigenvalue weighted by Crippen LogP contribution is -2.48. The Morgan fingerprint density at radius 3 is 1.67 bits per heavy atom. The van der Waals surface area contributed by atoms with E-state index in [0.717, 1.165) is 28.2 Å². The summed E-state index contributed by atoms with van der Waals surface area (Å²) >= 11 is 0. The molecular formula is C33H51O3PSi2. The minimum Gasteiger partial charge on any atom is -0.410 e. The van der Waals surface area contributed by atoms with Crippen molar-refractivity contribution in [3.05, 3.63) is 84.5 Å². The molecule has 0 aliphatic heterocycles. The molecule has 1 aliphatic rings. The van der Waals surface area contributed by atoms with Crippen LogP contribution >= 0.6 is 7.14 Å². The normalized spacial score (nSPS) is 19.6. The predicted octanol–water partition coefficient (Wildman–Crippen LogP) is 9.06. The zero-order chi connectivity index (χ0) is 29.3. The minimum atomic E-state index is -2.84. The summed E-state index contributed by atoms with van der Waals surface area (Å²) < 4.78 is 28.7. The molecule has 0 saturated carbocycles. The topological polar surface area (TPSA) is 35.5 Å². The number of hydrogen-bond donors (Lipinski definition) is 0. The molecule has 0 spiro atoms. The van der Waals surface area contributed by atoms with E-state index < -0.39 is 23.8 Å². The summed E-state index contributed by atoms with van der Waals surface area (Å²) in [6.07, 6.45) is 4.16. The van der Waals surface area contributed by atoms with Crippen molar-refractivity contribution in [1.29, 1.82) is 0 Å². The van der Waals surface area contributed by atoms with Crippen LogP contribution in [0, 0.1) is 0 Å². The molecule has 1 aliphatic carbocycles. The fourth-order valence-electron chi connectivity index (χ4n) is 4.52. The van der Waals surface area contributed by atoms with Crippen molar-refractivity contribution < 1.29 is 13.4 Å². The van der Waals surface area contributed by atoms with Gasteiger partial charge in [0, 0.05) is 23.2 Å². The van der Waals surface area contributed by atoms with E-state index in [9.17, 15) is 4.57 Å². The summed E-state index contributed by atoms with van der Waals surface area (Å²) in [5, 5.41) is 2.02. The molecule has 0 aromatic heterocycles. The Labute approximate surface area is 240 Å². The highest BCUT2D eigenvalue weighted by Gasteiger charge is 2.44. The Hall–Kier alpha value is -1.50. The first kappa shape index (κ1) is 32.0. The maximum atomic E-state index is 14.7. The van der Waals surface area contributed by atoms with Gasteiger partial charge in [0.15, 0.2) is 16.6 Å². The Kier molecular flexibility index (Phi) is 9.67. The van der Waals surface area contributed by atoms with Gasteiger partial charge < -0.3 is 13.4 Å². The Morgan fingerprint density at radius 1 is 0.795 bits per heavy atom. The van der Waals surface area contributed by atoms with Gasteiger partial charge in [-0.05, 0) is 53.8 Å². The fourth-order valence-corrected chi connectivity index (χ4v) is 9.77. The molecule has 3 rings (SSSR count). The molecule has 0 bridgehead atoms. The maximum absolute atomic E-state index is 14.7. The van der Waals surface area contributed by atoms with E-state index in [4.69, 9.17) is 8.85 Å². The van der Waals surface area contributed by atoms with Gasteiger partial charge in [-0.3, -0.25) is 0 Å². The monoisotopic (exact) mass is 582 g/mol. The van der Waals surface area contributed by atoms with Gasteiger partial charge in [-0.25, -0.2) is 0 Å². The summed E-state index contributed by atoms with van der Waals surface area (Å²) in [7, 11) is -6.89. The van der Waals surface area contributed by atoms with Crippen LogP contribution in [-0.4, -0.2) is 35.0 Å². The van der Waals surface area contributed by atoms with Gasteiger partial charge in [-0.15, -0.1) is 0 Å². The van der Waals surface area contributed by atoms with Crippen LogP contribution < -0.4 is 10.6 Å². The summed E-state index contributed by atoms with van der Waals surface area (Å²) in [6, 6.07) is 19.9. The minimum absolute atomic E-state index is 0.0333. The van der Waals surface area contributed by atoms with Crippen molar-refractivity contribution in [2.45, 2.75) is 103 Å². The molecule has 6 heteroatoms. The lowest BCUT2D eigenvalue weighted by molar-refractivity contribution is 0.129. The molecule has 0 amide bonds. The number of benzene rings is 2. The van der Waals surface area contributed by atoms with Gasteiger partial charge >= 0.3 is 0 Å². The van der Waals surface area contributed by atoms with E-state index in [0.29, 0.717) is 12.6 Å². The van der Waals surface area contributed by atoms with Crippen LogP contribution in [0.5, 0.6) is 0 Å². The highest BCUT2D eigenvalue weighted by molar-refractivity contribution is 7.78. The smallest absolute Gasteiger partial charge is 0.192 e. The van der Waals surface area contributed by atoms with Gasteiger partial charge in [-0.2, -0.15) is 0 Å². The van der Waals surface area contributed by atoms with Crippen molar-refractivity contribution in [1.82, 2.24) is 0 Å². The van der Waals surface area contributed by atoms with Crippen molar-refractivity contribution in [2.24, 2.45) is 0 Å². The zero-order valence-electron chi connectivity index (χ0n) is 26.0. The molecule has 0 N–H and O–H groups in total. The molecule has 3 nitrogen and oxygen atoms in total. The second-order valence-corrected chi connectivity index (χ2v) is 26.6. The lowest BCUT2D eigenvalue weighted by Gasteiger charge is -2.44. The maximum Gasteiger partial charge on any atom is 0.192 e. The van der Waals surface area contributed by atoms with Crippen LogP contribution in [0.25, 0.3) is 0 Å². The zero-order valence-corrected chi connectivity index (χ0v) is 28.9. The first-order valence-electron chi connectivity index (χ1n) is 14.3. The van der Waals surface area contributed by atoms with Gasteiger partial charge in [0.05, 0.1) is 12.2 Å². The molecule has 2 atom stereocenters. The van der Waals surface area contributed by atoms with Gasteiger partial charge in [0.1, 0.15) is 7.14 Å². The van der Waals surface area contributed by atoms with Crippen LogP contribution in [-0.2, 0) is 13.4 Å². The average molecular weight is 583 g/mol. The van der Waals surface area contributed by atoms with Crippen LogP contribution in [0.1, 0.15) is 54.4 Å². The Morgan fingerprint density at radius 2 is 1.23 bits per heavy atom. The molecular weight excluding hydrogens is 532 g/mol. The molecule has 2 aromatic rings. The predicted molar refractivity (Wildman–Crippen MR) is 175 cm³/mol. The average Bonchev–Trinajstić information content (AvgIpc) is 2.84. The van der Waals surface area contributed by atoms with Crippen LogP contribution in [0.3, 0.4) is 0 Å². The van der Waals surface area contributed by atoms with E-state index in [1.807, 2.05) is 60.7 Å². The standard InChI is InChI=1S/C33H51O3PSi2/c1-26-27(22-23-37(34,29-18-14-12-15-19-29)30-20-16-13-17-21-30)24-28(35-38(8,9)32(2,3)4)25-31(26)36-39(10,11)33(5,6)7/h12-21,24,28,31H,1,22-23,25H2,2-11H3. The third kappa shape index (κ3) is 7.43. The van der Waals surface area contributed by atoms with E-state index in [2.05, 4.69) is 80.4 Å². The highest BCUT2D eigenvalue weighted by atomic mass is 31.2. The molecule has 0 saturated heterocycles. The second kappa shape index (κ2) is 11.8. The first-order chi connectivity index (χ1) is 17.9. The summed E-state index contributed by atoms with van der Waals surface area (Å²) in [6.45, 7) is 27.5. The molecule has 214 valence electrons. The molecule has 0 radical (unpaired) electrons. The number of rotatable bonds is 9. The largest absolute Gasteiger partial charge is 0.410 e. The van der Waals surface area contributed by atoms with E-state index in [1.165, 1.54) is 0 Å². The van der Waals surface area contributed by atoms with Crippen LogP contribution in [0.2, 0.25) is 36.3 Å². The molecule has 2 aromatic carbocycles. The van der Waals surface area contributed by atoms with Crippen molar-refractivity contribution in [3.8, 4) is 0 Å². The summed E-state index contributed by atoms with van der Waals surface area (Å²) in [5.74, 6) is 0. The summed E-state index contributed by atoms with van der Waals surface area (Å²) in [5.41, 5.74) is 2.17. The van der Waals surface area contributed by atoms with Crippen molar-refractivity contribution in [2.75, 3.05) is 6.16 Å². The van der Waals surface area contributed by atoms with Crippen LogP contribution in [0.4, 0.5) is 0 Å². The lowest BCUT2D eigenvalue weighted by atomic mass is 9.89. The SMILES string of the molecule is C=C1C(CCP(=O)(c2ccccc2)c2ccccc2)=CC(O[Si](C)(C)C(C)(C)C)CC1O[Si](C)(C)C(C)(C)C. The van der Waals surface area contributed by atoms with E-state index >= 15 is 0 Å².